The second-order valence-corrected chi connectivity index (χ2v) is 6.48. The average molecular weight is 388 g/mol. The van der Waals surface area contributed by atoms with Crippen LogP contribution in [0.25, 0.3) is 0 Å². The summed E-state index contributed by atoms with van der Waals surface area (Å²) in [5.74, 6) is -3.37. The molecule has 0 bridgehead atoms. The summed E-state index contributed by atoms with van der Waals surface area (Å²) in [5.41, 5.74) is 1.29. The average Bonchev–Trinajstić information content (AvgIpc) is 2.64. The first-order valence-corrected chi connectivity index (χ1v) is 8.16. The van der Waals surface area contributed by atoms with E-state index in [1.54, 1.807) is 0 Å². The number of aromatic hydroxyl groups is 4. The van der Waals surface area contributed by atoms with Gasteiger partial charge in [-0.05, 0) is 49.7 Å². The van der Waals surface area contributed by atoms with Crippen molar-refractivity contribution in [3.63, 3.8) is 0 Å². The zero-order valence-electron chi connectivity index (χ0n) is 15.2. The molecule has 28 heavy (non-hydrogen) atoms. The van der Waals surface area contributed by atoms with Crippen molar-refractivity contribution in [2.24, 2.45) is 5.10 Å². The highest BCUT2D eigenvalue weighted by Crippen LogP contribution is 2.27. The number of nitrogens with one attached hydrogen (secondary N) is 1. The highest BCUT2D eigenvalue weighted by molar-refractivity contribution is 6.45. The normalized spacial score (nSPS) is 13.6. The van der Waals surface area contributed by atoms with E-state index in [1.807, 2.05) is 0 Å². The molecule has 0 aliphatic carbocycles. The van der Waals surface area contributed by atoms with Crippen LogP contribution in [0.4, 0.5) is 0 Å². The number of carbonyl (C=O) groups is 2. The van der Waals surface area contributed by atoms with Crippen LogP contribution in [-0.4, -0.2) is 48.5 Å². The van der Waals surface area contributed by atoms with Crippen molar-refractivity contribution in [3.8, 4) is 23.0 Å². The van der Waals surface area contributed by atoms with Gasteiger partial charge < -0.3 is 25.5 Å². The van der Waals surface area contributed by atoms with Gasteiger partial charge >= 0.3 is 5.97 Å². The first kappa shape index (κ1) is 20.6. The minimum absolute atomic E-state index is 0.0638. The molecule has 9 nitrogen and oxygen atoms in total. The maximum Gasteiger partial charge on any atom is 0.330 e. The summed E-state index contributed by atoms with van der Waals surface area (Å²) in [6.45, 7) is 2.72. The number of hydrogen-bond acceptors (Lipinski definition) is 8. The summed E-state index contributed by atoms with van der Waals surface area (Å²) in [6, 6.07) is 7.46. The predicted octanol–water partition coefficient (Wildman–Crippen LogP) is 1.74. The van der Waals surface area contributed by atoms with E-state index in [4.69, 9.17) is 0 Å². The molecule has 0 amide bonds. The second kappa shape index (κ2) is 7.87. The molecule has 2 aromatic carbocycles. The smallest absolute Gasteiger partial charge is 0.330 e. The van der Waals surface area contributed by atoms with Gasteiger partial charge in [0.1, 0.15) is 5.71 Å². The van der Waals surface area contributed by atoms with E-state index >= 15 is 0 Å². The number of rotatable bonds is 7. The number of nitrogens with zero attached hydrogens (tertiary/aromatic N) is 1. The summed E-state index contributed by atoms with van der Waals surface area (Å²) in [7, 11) is 0. The van der Waals surface area contributed by atoms with Gasteiger partial charge in [0, 0.05) is 12.0 Å². The van der Waals surface area contributed by atoms with Gasteiger partial charge in [0.2, 0.25) is 5.78 Å². The van der Waals surface area contributed by atoms with Crippen LogP contribution in [0.15, 0.2) is 41.5 Å². The van der Waals surface area contributed by atoms with Crippen LogP contribution in [-0.2, 0) is 11.2 Å². The zero-order chi connectivity index (χ0) is 21.1. The number of phenols is 4. The number of carbonyl (C=O) groups excluding carboxylic acids is 1. The zero-order valence-corrected chi connectivity index (χ0v) is 15.2. The largest absolute Gasteiger partial charge is 0.504 e. The lowest BCUT2D eigenvalue weighted by molar-refractivity contribution is -0.144. The number of carboxylic acids is 1. The molecule has 0 aliphatic rings. The monoisotopic (exact) mass is 388 g/mol. The van der Waals surface area contributed by atoms with E-state index < -0.39 is 23.0 Å². The van der Waals surface area contributed by atoms with Crippen LogP contribution >= 0.6 is 0 Å². The van der Waals surface area contributed by atoms with Crippen LogP contribution in [0.2, 0.25) is 0 Å². The molecule has 0 saturated heterocycles. The van der Waals surface area contributed by atoms with Gasteiger partial charge in [-0.15, -0.1) is 0 Å². The Morgan fingerprint density at radius 3 is 2.07 bits per heavy atom. The first-order valence-electron chi connectivity index (χ1n) is 8.16. The Morgan fingerprint density at radius 1 is 0.964 bits per heavy atom. The third-order valence-electron chi connectivity index (χ3n) is 4.11. The Labute approximate surface area is 160 Å². The van der Waals surface area contributed by atoms with Crippen molar-refractivity contribution in [2.45, 2.75) is 25.8 Å². The van der Waals surface area contributed by atoms with Gasteiger partial charge in [-0.2, -0.15) is 5.10 Å². The Balaban J connectivity index is 2.22. The number of Topliss-reactive ketones (excluding diaryl/α,β-unsaturated/α-hetero) is 1. The van der Waals surface area contributed by atoms with Gasteiger partial charge in [0.15, 0.2) is 28.5 Å². The lowest BCUT2D eigenvalue weighted by Gasteiger charge is -2.25. The van der Waals surface area contributed by atoms with Crippen molar-refractivity contribution in [1.29, 1.82) is 0 Å². The molecule has 0 aliphatic heterocycles. The molecule has 0 saturated carbocycles. The number of hydrazone groups is 1. The Hall–Kier alpha value is -3.75. The summed E-state index contributed by atoms with van der Waals surface area (Å²) in [4.78, 5) is 24.1. The topological polar surface area (TPSA) is 160 Å². The van der Waals surface area contributed by atoms with Crippen molar-refractivity contribution >= 4 is 17.5 Å². The maximum atomic E-state index is 12.4. The van der Waals surface area contributed by atoms with Crippen LogP contribution < -0.4 is 5.43 Å². The minimum atomic E-state index is -1.61. The number of hydrogen-bond donors (Lipinski definition) is 6. The van der Waals surface area contributed by atoms with Crippen molar-refractivity contribution in [1.82, 2.24) is 5.43 Å². The van der Waals surface area contributed by atoms with Crippen LogP contribution in [0.5, 0.6) is 23.0 Å². The SMILES string of the molecule is C/C(=N\N[C@](C)(Cc1ccc(O)c(O)c1)C(=O)O)C(=O)c1ccc(O)c(O)c1. The third kappa shape index (κ3) is 4.50. The van der Waals surface area contributed by atoms with E-state index in [0.29, 0.717) is 5.56 Å². The number of benzene rings is 2. The third-order valence-corrected chi connectivity index (χ3v) is 4.11. The van der Waals surface area contributed by atoms with Gasteiger partial charge in [-0.1, -0.05) is 6.07 Å². The molecule has 2 aromatic rings. The predicted molar refractivity (Wildman–Crippen MR) is 99.9 cm³/mol. The molecule has 0 unspecified atom stereocenters. The number of aliphatic carboxylic acids is 1. The minimum Gasteiger partial charge on any atom is -0.504 e. The Kier molecular flexibility index (Phi) is 5.78. The van der Waals surface area contributed by atoms with Gasteiger partial charge in [0.05, 0.1) is 0 Å². The lowest BCUT2D eigenvalue weighted by atomic mass is 9.93. The summed E-state index contributed by atoms with van der Waals surface area (Å²) >= 11 is 0. The van der Waals surface area contributed by atoms with E-state index in [0.717, 1.165) is 12.1 Å². The molecule has 148 valence electrons. The van der Waals surface area contributed by atoms with Crippen LogP contribution in [0.3, 0.4) is 0 Å². The number of carboxylic acid groups (broad SMARTS) is 1. The molecule has 1 atom stereocenters. The maximum absolute atomic E-state index is 12.4. The quantitative estimate of drug-likeness (QED) is 0.181. The molecule has 0 fully saturated rings. The Morgan fingerprint density at radius 2 is 1.54 bits per heavy atom. The molecular formula is C19H20N2O7. The van der Waals surface area contributed by atoms with E-state index in [1.165, 1.54) is 38.1 Å². The van der Waals surface area contributed by atoms with Crippen LogP contribution in [0.1, 0.15) is 29.8 Å². The molecular weight excluding hydrogens is 368 g/mol. The standard InChI is InChI=1S/C19H20N2O7/c1-10(17(26)12-4-6-14(23)16(25)8-12)20-21-19(2,18(27)28)9-11-3-5-13(22)15(24)7-11/h3-8,21-25H,9H2,1-2H3,(H,27,28)/b20-10+/t19-/m1/s1. The molecule has 0 aromatic heterocycles. The molecule has 0 spiro atoms. The lowest BCUT2D eigenvalue weighted by Crippen LogP contribution is -2.49. The Bertz CT molecular complexity index is 955. The first-order chi connectivity index (χ1) is 13.0. The van der Waals surface area contributed by atoms with Gasteiger partial charge in [0.25, 0.3) is 0 Å². The summed E-state index contributed by atoms with van der Waals surface area (Å²) < 4.78 is 0. The second-order valence-electron chi connectivity index (χ2n) is 6.48. The molecule has 9 heteroatoms. The molecule has 2 rings (SSSR count). The number of phenolic OH excluding ortho intramolecular Hbond substituents is 4. The van der Waals surface area contributed by atoms with Crippen molar-refractivity contribution in [3.05, 3.63) is 47.5 Å². The highest BCUT2D eigenvalue weighted by atomic mass is 16.4. The molecule has 0 radical (unpaired) electrons. The van der Waals surface area contributed by atoms with Gasteiger partial charge in [-0.3, -0.25) is 10.2 Å². The summed E-state index contributed by atoms with van der Waals surface area (Å²) in [6.07, 6.45) is -0.0961. The van der Waals surface area contributed by atoms with Crippen LogP contribution in [0, 0.1) is 0 Å². The van der Waals surface area contributed by atoms with Crippen molar-refractivity contribution in [2.75, 3.05) is 0 Å². The van der Waals surface area contributed by atoms with E-state index in [9.17, 15) is 35.1 Å². The fraction of sp³-hybridized carbons (Fsp3) is 0.211. The highest BCUT2D eigenvalue weighted by Gasteiger charge is 2.33. The van der Waals surface area contributed by atoms with E-state index in [2.05, 4.69) is 10.5 Å². The van der Waals surface area contributed by atoms with Gasteiger partial charge in [-0.25, -0.2) is 4.79 Å². The fourth-order valence-electron chi connectivity index (χ4n) is 2.38. The van der Waals surface area contributed by atoms with Crippen molar-refractivity contribution < 1.29 is 35.1 Å². The number of ketones is 1. The molecule has 6 N–H and O–H groups in total. The summed E-state index contributed by atoms with van der Waals surface area (Å²) in [5, 5.41) is 51.2. The molecule has 0 heterocycles. The fourth-order valence-corrected chi connectivity index (χ4v) is 2.38. The van der Waals surface area contributed by atoms with E-state index in [-0.39, 0.29) is 34.9 Å².